The molecule has 0 bridgehead atoms. The number of nitrogens with zero attached hydrogens (tertiary/aromatic N) is 5. The summed E-state index contributed by atoms with van der Waals surface area (Å²) in [5.41, 5.74) is 1.18. The van der Waals surface area contributed by atoms with Crippen molar-refractivity contribution < 1.29 is 0 Å². The average molecular weight is 376 g/mol. The van der Waals surface area contributed by atoms with Crippen LogP contribution in [0, 0.1) is 0 Å². The van der Waals surface area contributed by atoms with Crippen LogP contribution in [0.2, 0.25) is 0 Å². The van der Waals surface area contributed by atoms with E-state index in [4.69, 9.17) is 10.1 Å². The van der Waals surface area contributed by atoms with Crippen molar-refractivity contribution in [2.45, 2.75) is 32.6 Å². The Balaban J connectivity index is 1.35. The largest absolute Gasteiger partial charge is 0.344 e. The van der Waals surface area contributed by atoms with Crippen LogP contribution >= 0.6 is 22.7 Å². The van der Waals surface area contributed by atoms with Crippen molar-refractivity contribution in [1.82, 2.24) is 19.5 Å². The fourth-order valence-electron chi connectivity index (χ4n) is 3.06. The van der Waals surface area contributed by atoms with Gasteiger partial charge in [-0.2, -0.15) is 0 Å². The van der Waals surface area contributed by atoms with E-state index in [1.54, 1.807) is 11.3 Å². The van der Waals surface area contributed by atoms with Gasteiger partial charge in [0.1, 0.15) is 0 Å². The van der Waals surface area contributed by atoms with E-state index < -0.39 is 0 Å². The van der Waals surface area contributed by atoms with Crippen molar-refractivity contribution in [1.29, 1.82) is 0 Å². The lowest BCUT2D eigenvalue weighted by atomic mass is 9.93. The molecule has 3 aromatic rings. The Bertz CT molecular complexity index is 788. The molecule has 1 aliphatic heterocycles. The lowest BCUT2D eigenvalue weighted by Gasteiger charge is -2.34. The molecule has 1 fully saturated rings. The van der Waals surface area contributed by atoms with Crippen molar-refractivity contribution in [2.24, 2.45) is 0 Å². The predicted octanol–water partition coefficient (Wildman–Crippen LogP) is 3.51. The van der Waals surface area contributed by atoms with Gasteiger partial charge < -0.3 is 4.90 Å². The van der Waals surface area contributed by atoms with Gasteiger partial charge in [0.25, 0.3) is 0 Å². The van der Waals surface area contributed by atoms with Crippen LogP contribution in [-0.4, -0.2) is 52.2 Å². The number of rotatable bonds is 4. The second-order valence-electron chi connectivity index (χ2n) is 7.65. The minimum absolute atomic E-state index is 0.0712. The fourth-order valence-corrected chi connectivity index (χ4v) is 4.70. The summed E-state index contributed by atoms with van der Waals surface area (Å²) < 4.78 is 1.95. The molecule has 0 saturated carbocycles. The normalized spacial score (nSPS) is 16.8. The van der Waals surface area contributed by atoms with Gasteiger partial charge >= 0.3 is 0 Å². The molecule has 1 aliphatic rings. The summed E-state index contributed by atoms with van der Waals surface area (Å²) in [5.74, 6) is 0. The zero-order valence-corrected chi connectivity index (χ0v) is 16.7. The first kappa shape index (κ1) is 17.0. The molecule has 0 spiro atoms. The molecule has 0 radical (unpaired) electrons. The monoisotopic (exact) mass is 375 g/mol. The Morgan fingerprint density at radius 3 is 2.60 bits per heavy atom. The first-order valence-corrected chi connectivity index (χ1v) is 10.5. The van der Waals surface area contributed by atoms with Gasteiger partial charge in [-0.25, -0.2) is 9.50 Å². The number of hydrogen-bond acceptors (Lipinski definition) is 6. The highest BCUT2D eigenvalue weighted by Crippen LogP contribution is 2.28. The number of aromatic nitrogens is 3. The number of fused-ring (bicyclic) bond motifs is 1. The topological polar surface area (TPSA) is 36.7 Å². The molecule has 3 aromatic heterocycles. The van der Waals surface area contributed by atoms with Gasteiger partial charge in [0.05, 0.1) is 11.9 Å². The first-order valence-electron chi connectivity index (χ1n) is 8.85. The van der Waals surface area contributed by atoms with Crippen molar-refractivity contribution in [3.63, 3.8) is 0 Å². The molecule has 1 saturated heterocycles. The number of thiophene rings is 1. The molecule has 0 N–H and O–H groups in total. The number of imidazole rings is 1. The molecule has 0 aliphatic carbocycles. The third-order valence-corrected chi connectivity index (χ3v) is 6.62. The fraction of sp³-hybridized carbons (Fsp3) is 0.556. The standard InChI is InChI=1S/C18H25N5S2/c1-18(2,3)15-13-23-16(19-15)25-17(20-23)22-10-8-21(9-11-22)7-6-14-5-4-12-24-14/h4-5,12-13H,6-11H2,1-3H3. The van der Waals surface area contributed by atoms with E-state index in [2.05, 4.69) is 54.3 Å². The van der Waals surface area contributed by atoms with Gasteiger partial charge in [-0.05, 0) is 17.9 Å². The summed E-state index contributed by atoms with van der Waals surface area (Å²) in [6, 6.07) is 4.37. The summed E-state index contributed by atoms with van der Waals surface area (Å²) in [5, 5.41) is 8.03. The van der Waals surface area contributed by atoms with Crippen LogP contribution in [-0.2, 0) is 11.8 Å². The SMILES string of the molecule is CC(C)(C)c1cn2nc(N3CCN(CCc4cccs4)CC3)sc2n1. The van der Waals surface area contributed by atoms with E-state index in [-0.39, 0.29) is 5.41 Å². The van der Waals surface area contributed by atoms with Gasteiger partial charge in [-0.3, -0.25) is 4.90 Å². The first-order chi connectivity index (χ1) is 12.0. The Morgan fingerprint density at radius 1 is 1.16 bits per heavy atom. The van der Waals surface area contributed by atoms with E-state index in [0.29, 0.717) is 0 Å². The molecule has 134 valence electrons. The van der Waals surface area contributed by atoms with E-state index in [9.17, 15) is 0 Å². The van der Waals surface area contributed by atoms with Crippen LogP contribution < -0.4 is 4.90 Å². The highest BCUT2D eigenvalue weighted by Gasteiger charge is 2.23. The molecule has 0 aromatic carbocycles. The molecular weight excluding hydrogens is 350 g/mol. The second-order valence-corrected chi connectivity index (χ2v) is 9.61. The molecule has 7 heteroatoms. The average Bonchev–Trinajstić information content (AvgIpc) is 3.28. The van der Waals surface area contributed by atoms with Crippen LogP contribution in [0.25, 0.3) is 4.96 Å². The molecule has 5 nitrogen and oxygen atoms in total. The van der Waals surface area contributed by atoms with Gasteiger partial charge in [0.2, 0.25) is 10.1 Å². The Hall–Kier alpha value is -1.44. The second kappa shape index (κ2) is 6.70. The molecule has 0 amide bonds. The number of hydrogen-bond donors (Lipinski definition) is 0. The van der Waals surface area contributed by atoms with E-state index >= 15 is 0 Å². The van der Waals surface area contributed by atoms with Crippen LogP contribution in [0.15, 0.2) is 23.7 Å². The molecule has 0 unspecified atom stereocenters. The molecule has 25 heavy (non-hydrogen) atoms. The van der Waals surface area contributed by atoms with E-state index in [1.807, 2.05) is 15.9 Å². The summed E-state index contributed by atoms with van der Waals surface area (Å²) in [6.07, 6.45) is 3.24. The molecule has 4 heterocycles. The van der Waals surface area contributed by atoms with Crippen molar-refractivity contribution in [2.75, 3.05) is 37.6 Å². The summed E-state index contributed by atoms with van der Waals surface area (Å²) in [6.45, 7) is 12.0. The number of anilines is 1. The maximum absolute atomic E-state index is 4.76. The van der Waals surface area contributed by atoms with Gasteiger partial charge in [-0.15, -0.1) is 16.4 Å². The highest BCUT2D eigenvalue weighted by molar-refractivity contribution is 7.20. The van der Waals surface area contributed by atoms with Gasteiger partial charge in [0, 0.05) is 43.0 Å². The van der Waals surface area contributed by atoms with Gasteiger partial charge in [-0.1, -0.05) is 38.2 Å². The van der Waals surface area contributed by atoms with Crippen LogP contribution in [0.1, 0.15) is 31.3 Å². The van der Waals surface area contributed by atoms with Crippen LogP contribution in [0.5, 0.6) is 0 Å². The number of piperazine rings is 1. The summed E-state index contributed by atoms with van der Waals surface area (Å²) >= 11 is 3.56. The Kier molecular flexibility index (Phi) is 4.56. The molecule has 4 rings (SSSR count). The Morgan fingerprint density at radius 2 is 1.96 bits per heavy atom. The zero-order valence-electron chi connectivity index (χ0n) is 15.1. The minimum Gasteiger partial charge on any atom is -0.344 e. The smallest absolute Gasteiger partial charge is 0.214 e. The Labute approximate surface area is 156 Å². The van der Waals surface area contributed by atoms with Crippen molar-refractivity contribution in [3.8, 4) is 0 Å². The molecular formula is C18H25N5S2. The lowest BCUT2D eigenvalue weighted by Crippen LogP contribution is -2.47. The predicted molar refractivity (Wildman–Crippen MR) is 106 cm³/mol. The van der Waals surface area contributed by atoms with Gasteiger partial charge in [0.15, 0.2) is 0 Å². The third-order valence-electron chi connectivity index (χ3n) is 4.70. The zero-order chi connectivity index (χ0) is 17.4. The van der Waals surface area contributed by atoms with Crippen molar-refractivity contribution in [3.05, 3.63) is 34.3 Å². The third kappa shape index (κ3) is 3.73. The van der Waals surface area contributed by atoms with Crippen molar-refractivity contribution >= 4 is 32.8 Å². The highest BCUT2D eigenvalue weighted by atomic mass is 32.1. The van der Waals surface area contributed by atoms with E-state index in [1.165, 1.54) is 11.3 Å². The summed E-state index contributed by atoms with van der Waals surface area (Å²) in [7, 11) is 0. The maximum Gasteiger partial charge on any atom is 0.214 e. The molecule has 0 atom stereocenters. The maximum atomic E-state index is 4.76. The quantitative estimate of drug-likeness (QED) is 0.699. The minimum atomic E-state index is 0.0712. The van der Waals surface area contributed by atoms with E-state index in [0.717, 1.165) is 48.5 Å². The van der Waals surface area contributed by atoms with Crippen LogP contribution in [0.3, 0.4) is 0 Å². The summed E-state index contributed by atoms with van der Waals surface area (Å²) in [4.78, 5) is 12.2. The lowest BCUT2D eigenvalue weighted by molar-refractivity contribution is 0.261. The van der Waals surface area contributed by atoms with Crippen LogP contribution in [0.4, 0.5) is 5.13 Å².